The van der Waals surface area contributed by atoms with Crippen LogP contribution in [0.2, 0.25) is 0 Å². The highest BCUT2D eigenvalue weighted by molar-refractivity contribution is 9.10. The molecule has 0 amide bonds. The summed E-state index contributed by atoms with van der Waals surface area (Å²) in [5, 5.41) is 3.93. The van der Waals surface area contributed by atoms with Gasteiger partial charge in [-0.15, -0.1) is 0 Å². The van der Waals surface area contributed by atoms with E-state index in [9.17, 15) is 4.79 Å². The Morgan fingerprint density at radius 2 is 2.30 bits per heavy atom. The molecule has 1 rings (SSSR count). The van der Waals surface area contributed by atoms with E-state index in [1.165, 1.54) is 0 Å². The maximum absolute atomic E-state index is 10.3. The molecule has 0 atom stereocenters. The van der Waals surface area contributed by atoms with E-state index in [4.69, 9.17) is 0 Å². The first kappa shape index (κ1) is 7.47. The molecule has 4 heteroatoms. The van der Waals surface area contributed by atoms with Crippen molar-refractivity contribution in [2.24, 2.45) is 7.05 Å². The lowest BCUT2D eigenvalue weighted by Gasteiger charge is -1.89. The van der Waals surface area contributed by atoms with Gasteiger partial charge in [0.25, 0.3) is 0 Å². The summed E-state index contributed by atoms with van der Waals surface area (Å²) in [5.41, 5.74) is 1.42. The second kappa shape index (κ2) is 2.54. The number of halogens is 1. The van der Waals surface area contributed by atoms with E-state index in [1.54, 1.807) is 11.7 Å². The largest absolute Gasteiger partial charge is 0.296 e. The molecule has 0 radical (unpaired) electrons. The van der Waals surface area contributed by atoms with Crippen LogP contribution in [0.1, 0.15) is 16.2 Å². The van der Waals surface area contributed by atoms with E-state index in [1.807, 2.05) is 6.92 Å². The van der Waals surface area contributed by atoms with Crippen LogP contribution >= 0.6 is 15.9 Å². The molecule has 0 aliphatic rings. The number of aromatic nitrogens is 2. The lowest BCUT2D eigenvalue weighted by Crippen LogP contribution is -1.92. The van der Waals surface area contributed by atoms with E-state index < -0.39 is 0 Å². The van der Waals surface area contributed by atoms with Crippen molar-refractivity contribution in [3.63, 3.8) is 0 Å². The zero-order valence-corrected chi connectivity index (χ0v) is 7.34. The van der Waals surface area contributed by atoms with Gasteiger partial charge in [0.1, 0.15) is 5.69 Å². The Bertz CT molecular complexity index is 267. The van der Waals surface area contributed by atoms with Crippen LogP contribution in [0.5, 0.6) is 0 Å². The second-order valence-electron chi connectivity index (χ2n) is 2.03. The lowest BCUT2D eigenvalue weighted by atomic mass is 10.4. The highest BCUT2D eigenvalue weighted by Gasteiger charge is 2.07. The van der Waals surface area contributed by atoms with E-state index in [2.05, 4.69) is 21.0 Å². The average molecular weight is 203 g/mol. The summed E-state index contributed by atoms with van der Waals surface area (Å²) < 4.78 is 2.44. The average Bonchev–Trinajstić information content (AvgIpc) is 2.17. The third-order valence-corrected chi connectivity index (χ3v) is 2.38. The van der Waals surface area contributed by atoms with Crippen LogP contribution in [0.4, 0.5) is 0 Å². The van der Waals surface area contributed by atoms with E-state index in [0.717, 1.165) is 16.5 Å². The fraction of sp³-hybridized carbons (Fsp3) is 0.333. The molecule has 0 spiro atoms. The standard InChI is InChI=1S/C6H7BrN2O/c1-4-6(7)5(3-10)8-9(4)2/h3H,1-2H3. The van der Waals surface area contributed by atoms with Crippen LogP contribution in [0.3, 0.4) is 0 Å². The third-order valence-electron chi connectivity index (χ3n) is 1.40. The molecule has 1 aromatic heterocycles. The van der Waals surface area contributed by atoms with Crippen molar-refractivity contribution < 1.29 is 4.79 Å². The maximum Gasteiger partial charge on any atom is 0.171 e. The quantitative estimate of drug-likeness (QED) is 0.644. The molecule has 0 N–H and O–H groups in total. The van der Waals surface area contributed by atoms with E-state index >= 15 is 0 Å². The number of hydrogen-bond acceptors (Lipinski definition) is 2. The highest BCUT2D eigenvalue weighted by atomic mass is 79.9. The summed E-state index contributed by atoms with van der Waals surface area (Å²) in [6.45, 7) is 1.89. The highest BCUT2D eigenvalue weighted by Crippen LogP contribution is 2.17. The minimum Gasteiger partial charge on any atom is -0.296 e. The molecule has 1 aromatic rings. The summed E-state index contributed by atoms with van der Waals surface area (Å²) in [4.78, 5) is 10.3. The van der Waals surface area contributed by atoms with E-state index in [0.29, 0.717) is 5.69 Å². The molecule has 0 fully saturated rings. The van der Waals surface area contributed by atoms with Crippen molar-refractivity contribution in [2.75, 3.05) is 0 Å². The molecule has 1 heterocycles. The predicted molar refractivity (Wildman–Crippen MR) is 41.0 cm³/mol. The summed E-state index contributed by atoms with van der Waals surface area (Å²) in [5.74, 6) is 0. The van der Waals surface area contributed by atoms with Gasteiger partial charge >= 0.3 is 0 Å². The van der Waals surface area contributed by atoms with Gasteiger partial charge in [-0.2, -0.15) is 5.10 Å². The zero-order chi connectivity index (χ0) is 7.72. The SMILES string of the molecule is Cc1c(Br)c(C=O)nn1C. The van der Waals surface area contributed by atoms with Crippen molar-refractivity contribution in [1.29, 1.82) is 0 Å². The Balaban J connectivity index is 3.30. The first-order valence-corrected chi connectivity index (χ1v) is 3.60. The van der Waals surface area contributed by atoms with Crippen molar-refractivity contribution >= 4 is 22.2 Å². The Kier molecular flexibility index (Phi) is 1.89. The number of aryl methyl sites for hydroxylation is 1. The fourth-order valence-electron chi connectivity index (χ4n) is 0.683. The van der Waals surface area contributed by atoms with Gasteiger partial charge in [0.05, 0.1) is 4.47 Å². The van der Waals surface area contributed by atoms with Gasteiger partial charge < -0.3 is 0 Å². The first-order valence-electron chi connectivity index (χ1n) is 2.81. The number of nitrogens with zero attached hydrogens (tertiary/aromatic N) is 2. The summed E-state index contributed by atoms with van der Waals surface area (Å²) >= 11 is 3.25. The van der Waals surface area contributed by atoms with Crippen LogP contribution in [0.15, 0.2) is 4.47 Å². The molecular formula is C6H7BrN2O. The van der Waals surface area contributed by atoms with Gasteiger partial charge in [0.15, 0.2) is 6.29 Å². The fourth-order valence-corrected chi connectivity index (χ4v) is 1.11. The van der Waals surface area contributed by atoms with Crippen molar-refractivity contribution in [3.8, 4) is 0 Å². The molecule has 54 valence electrons. The molecule has 10 heavy (non-hydrogen) atoms. The Hall–Kier alpha value is -0.640. The number of rotatable bonds is 1. The Morgan fingerprint density at radius 3 is 2.50 bits per heavy atom. The van der Waals surface area contributed by atoms with Gasteiger partial charge in [-0.3, -0.25) is 9.48 Å². The topological polar surface area (TPSA) is 34.9 Å². The number of carbonyl (C=O) groups is 1. The molecule has 0 unspecified atom stereocenters. The molecule has 3 nitrogen and oxygen atoms in total. The smallest absolute Gasteiger partial charge is 0.171 e. The minimum absolute atomic E-state index is 0.458. The van der Waals surface area contributed by atoms with Crippen LogP contribution in [0, 0.1) is 6.92 Å². The van der Waals surface area contributed by atoms with Crippen molar-refractivity contribution in [3.05, 3.63) is 15.9 Å². The normalized spacial score (nSPS) is 9.90. The summed E-state index contributed by atoms with van der Waals surface area (Å²) in [7, 11) is 1.80. The molecule has 0 aliphatic heterocycles. The van der Waals surface area contributed by atoms with Gasteiger partial charge in [0.2, 0.25) is 0 Å². The third kappa shape index (κ3) is 0.988. The summed E-state index contributed by atoms with van der Waals surface area (Å²) in [6, 6.07) is 0. The second-order valence-corrected chi connectivity index (χ2v) is 2.82. The van der Waals surface area contributed by atoms with Crippen LogP contribution < -0.4 is 0 Å². The number of hydrogen-bond donors (Lipinski definition) is 0. The Labute approximate surface area is 67.2 Å². The van der Waals surface area contributed by atoms with Crippen LogP contribution in [-0.4, -0.2) is 16.1 Å². The van der Waals surface area contributed by atoms with Crippen LogP contribution in [-0.2, 0) is 7.05 Å². The molecule has 0 aliphatic carbocycles. The van der Waals surface area contributed by atoms with Gasteiger partial charge in [-0.1, -0.05) is 0 Å². The number of carbonyl (C=O) groups excluding carboxylic acids is 1. The van der Waals surface area contributed by atoms with Gasteiger partial charge in [0, 0.05) is 12.7 Å². The minimum atomic E-state index is 0.458. The number of aldehydes is 1. The monoisotopic (exact) mass is 202 g/mol. The molecule has 0 saturated heterocycles. The Morgan fingerprint density at radius 1 is 1.70 bits per heavy atom. The lowest BCUT2D eigenvalue weighted by molar-refractivity contribution is 0.111. The summed E-state index contributed by atoms with van der Waals surface area (Å²) in [6.07, 6.45) is 0.733. The van der Waals surface area contributed by atoms with Gasteiger partial charge in [-0.25, -0.2) is 0 Å². The molecule has 0 saturated carbocycles. The molecule has 0 aromatic carbocycles. The first-order chi connectivity index (χ1) is 4.66. The zero-order valence-electron chi connectivity index (χ0n) is 5.76. The van der Waals surface area contributed by atoms with Crippen LogP contribution in [0.25, 0.3) is 0 Å². The maximum atomic E-state index is 10.3. The molecule has 0 bridgehead atoms. The van der Waals surface area contributed by atoms with E-state index in [-0.39, 0.29) is 0 Å². The van der Waals surface area contributed by atoms with Crippen molar-refractivity contribution in [1.82, 2.24) is 9.78 Å². The van der Waals surface area contributed by atoms with Gasteiger partial charge in [-0.05, 0) is 22.9 Å². The molecular weight excluding hydrogens is 196 g/mol. The van der Waals surface area contributed by atoms with Crippen molar-refractivity contribution in [2.45, 2.75) is 6.92 Å². The predicted octanol–water partition coefficient (Wildman–Crippen LogP) is 1.30.